The summed E-state index contributed by atoms with van der Waals surface area (Å²) < 4.78 is 10.6. The summed E-state index contributed by atoms with van der Waals surface area (Å²) in [5.74, 6) is 2.17. The molecule has 0 radical (unpaired) electrons. The maximum atomic E-state index is 12.5. The maximum absolute atomic E-state index is 12.5. The summed E-state index contributed by atoms with van der Waals surface area (Å²) in [6.07, 6.45) is 7.78. The van der Waals surface area contributed by atoms with Crippen molar-refractivity contribution in [3.8, 4) is 11.5 Å². The van der Waals surface area contributed by atoms with Crippen LogP contribution in [0.25, 0.3) is 0 Å². The highest BCUT2D eigenvalue weighted by molar-refractivity contribution is 5.96. The molecule has 2 rings (SSSR count). The lowest BCUT2D eigenvalue weighted by atomic mass is 9.89. The molecule has 0 spiro atoms. The molecule has 1 heterocycles. The van der Waals surface area contributed by atoms with Crippen LogP contribution in [0.2, 0.25) is 0 Å². The lowest BCUT2D eigenvalue weighted by molar-refractivity contribution is 0.0954. The van der Waals surface area contributed by atoms with Crippen LogP contribution in [-0.2, 0) is 0 Å². The first-order valence-corrected chi connectivity index (χ1v) is 8.17. The predicted molar refractivity (Wildman–Crippen MR) is 84.1 cm³/mol. The molecule has 3 nitrogen and oxygen atoms in total. The zero-order valence-corrected chi connectivity index (χ0v) is 13.2. The molecule has 3 heteroatoms. The molecule has 21 heavy (non-hydrogen) atoms. The molecule has 1 aliphatic heterocycles. The van der Waals surface area contributed by atoms with Gasteiger partial charge in [0.25, 0.3) is 0 Å². The van der Waals surface area contributed by atoms with Gasteiger partial charge in [0.15, 0.2) is 17.3 Å². The highest BCUT2D eigenvalue weighted by atomic mass is 16.7. The van der Waals surface area contributed by atoms with Gasteiger partial charge in [0.1, 0.15) is 0 Å². The smallest absolute Gasteiger partial charge is 0.231 e. The summed E-state index contributed by atoms with van der Waals surface area (Å²) in [6, 6.07) is 5.51. The highest BCUT2D eigenvalue weighted by Gasteiger charge is 2.19. The van der Waals surface area contributed by atoms with Crippen molar-refractivity contribution in [2.75, 3.05) is 6.79 Å². The number of ether oxygens (including phenoxy) is 2. The van der Waals surface area contributed by atoms with Gasteiger partial charge in [-0.3, -0.25) is 4.79 Å². The van der Waals surface area contributed by atoms with Crippen molar-refractivity contribution in [2.45, 2.75) is 58.8 Å². The Morgan fingerprint density at radius 1 is 1.10 bits per heavy atom. The normalized spacial score (nSPS) is 12.9. The van der Waals surface area contributed by atoms with Gasteiger partial charge in [-0.25, -0.2) is 0 Å². The van der Waals surface area contributed by atoms with Crippen LogP contribution in [0.5, 0.6) is 11.5 Å². The molecular weight excluding hydrogens is 264 g/mol. The Labute approximate surface area is 127 Å². The zero-order chi connectivity index (χ0) is 15.1. The zero-order valence-electron chi connectivity index (χ0n) is 13.2. The minimum absolute atomic E-state index is 0.227. The molecule has 116 valence electrons. The van der Waals surface area contributed by atoms with Crippen LogP contribution in [0, 0.1) is 5.92 Å². The van der Waals surface area contributed by atoms with E-state index in [1.165, 1.54) is 25.7 Å². The third-order valence-corrected chi connectivity index (χ3v) is 4.10. The van der Waals surface area contributed by atoms with E-state index in [2.05, 4.69) is 13.8 Å². The quantitative estimate of drug-likeness (QED) is 0.601. The van der Waals surface area contributed by atoms with Gasteiger partial charge in [0.05, 0.1) is 0 Å². The molecule has 0 bridgehead atoms. The average Bonchev–Trinajstić information content (AvgIpc) is 2.97. The number of hydrogen-bond donors (Lipinski definition) is 0. The Morgan fingerprint density at radius 3 is 2.43 bits per heavy atom. The van der Waals surface area contributed by atoms with E-state index < -0.39 is 0 Å². The lowest BCUT2D eigenvalue weighted by Gasteiger charge is -2.15. The molecule has 0 aromatic heterocycles. The lowest BCUT2D eigenvalue weighted by Crippen LogP contribution is -2.09. The van der Waals surface area contributed by atoms with E-state index in [-0.39, 0.29) is 12.6 Å². The van der Waals surface area contributed by atoms with E-state index in [0.717, 1.165) is 24.2 Å². The van der Waals surface area contributed by atoms with E-state index in [0.29, 0.717) is 18.1 Å². The summed E-state index contributed by atoms with van der Waals surface area (Å²) in [5.41, 5.74) is 0.747. The van der Waals surface area contributed by atoms with Gasteiger partial charge in [0, 0.05) is 12.0 Å². The van der Waals surface area contributed by atoms with E-state index in [1.54, 1.807) is 0 Å². The number of benzene rings is 1. The van der Waals surface area contributed by atoms with Gasteiger partial charge < -0.3 is 9.47 Å². The van der Waals surface area contributed by atoms with Crippen molar-refractivity contribution >= 4 is 5.78 Å². The Bertz CT molecular complexity index is 460. The second-order valence-electron chi connectivity index (χ2n) is 5.85. The number of Topliss-reactive ketones (excluding diaryl/α,β-unsaturated/α-hetero) is 1. The van der Waals surface area contributed by atoms with Crippen LogP contribution < -0.4 is 9.47 Å². The molecule has 0 aliphatic carbocycles. The van der Waals surface area contributed by atoms with E-state index >= 15 is 0 Å². The van der Waals surface area contributed by atoms with Crippen LogP contribution >= 0.6 is 0 Å². The number of carbonyl (C=O) groups excluding carboxylic acids is 1. The fourth-order valence-electron chi connectivity index (χ4n) is 2.78. The second-order valence-corrected chi connectivity index (χ2v) is 5.85. The molecule has 0 fully saturated rings. The summed E-state index contributed by atoms with van der Waals surface area (Å²) in [4.78, 5) is 12.5. The van der Waals surface area contributed by atoms with Gasteiger partial charge in [-0.1, -0.05) is 52.4 Å². The van der Waals surface area contributed by atoms with E-state index in [9.17, 15) is 4.79 Å². The minimum atomic E-state index is 0.227. The third-order valence-electron chi connectivity index (χ3n) is 4.10. The Hall–Kier alpha value is -1.51. The fourth-order valence-corrected chi connectivity index (χ4v) is 2.78. The molecule has 0 N–H and O–H groups in total. The van der Waals surface area contributed by atoms with E-state index in [4.69, 9.17) is 9.47 Å². The number of carbonyl (C=O) groups is 1. The van der Waals surface area contributed by atoms with Crippen molar-refractivity contribution in [2.24, 2.45) is 5.92 Å². The monoisotopic (exact) mass is 290 g/mol. The summed E-state index contributed by atoms with van der Waals surface area (Å²) in [7, 11) is 0. The number of hydrogen-bond acceptors (Lipinski definition) is 3. The molecule has 0 unspecified atom stereocenters. The molecule has 0 saturated carbocycles. The molecule has 1 aromatic rings. The van der Waals surface area contributed by atoms with Crippen molar-refractivity contribution in [1.82, 2.24) is 0 Å². The van der Waals surface area contributed by atoms with Gasteiger partial charge in [-0.15, -0.1) is 0 Å². The van der Waals surface area contributed by atoms with Crippen LogP contribution in [0.4, 0.5) is 0 Å². The van der Waals surface area contributed by atoms with Crippen LogP contribution in [-0.4, -0.2) is 12.6 Å². The average molecular weight is 290 g/mol. The molecular formula is C18H26O3. The van der Waals surface area contributed by atoms with Crippen molar-refractivity contribution in [3.05, 3.63) is 23.8 Å². The predicted octanol–water partition coefficient (Wildman–Crippen LogP) is 4.98. The molecule has 0 amide bonds. The van der Waals surface area contributed by atoms with Crippen molar-refractivity contribution in [3.63, 3.8) is 0 Å². The third kappa shape index (κ3) is 4.48. The molecule has 0 atom stereocenters. The number of unbranched alkanes of at least 4 members (excludes halogenated alkanes) is 2. The summed E-state index contributed by atoms with van der Waals surface area (Å²) in [6.45, 7) is 4.66. The molecule has 1 aromatic carbocycles. The van der Waals surface area contributed by atoms with Crippen molar-refractivity contribution < 1.29 is 14.3 Å². The number of ketones is 1. The Morgan fingerprint density at radius 2 is 1.76 bits per heavy atom. The first kappa shape index (κ1) is 15.9. The Balaban J connectivity index is 1.97. The topological polar surface area (TPSA) is 35.5 Å². The van der Waals surface area contributed by atoms with Gasteiger partial charge in [-0.2, -0.15) is 0 Å². The highest BCUT2D eigenvalue weighted by Crippen LogP contribution is 2.33. The SMILES string of the molecule is CCCCC(CCCC)CC(=O)c1ccc2c(c1)OCO2. The van der Waals surface area contributed by atoms with Crippen LogP contribution in [0.1, 0.15) is 69.2 Å². The summed E-state index contributed by atoms with van der Waals surface area (Å²) in [5, 5.41) is 0. The minimum Gasteiger partial charge on any atom is -0.454 e. The van der Waals surface area contributed by atoms with E-state index in [1.807, 2.05) is 18.2 Å². The number of fused-ring (bicyclic) bond motifs is 1. The first-order valence-electron chi connectivity index (χ1n) is 8.17. The summed E-state index contributed by atoms with van der Waals surface area (Å²) >= 11 is 0. The standard InChI is InChI=1S/C18H26O3/c1-3-5-7-14(8-6-4-2)11-16(19)15-9-10-17-18(12-15)21-13-20-17/h9-10,12,14H,3-8,11,13H2,1-2H3. The molecule has 1 aliphatic rings. The van der Waals surface area contributed by atoms with Gasteiger partial charge in [-0.05, 0) is 24.1 Å². The van der Waals surface area contributed by atoms with Gasteiger partial charge >= 0.3 is 0 Å². The Kier molecular flexibility index (Phi) is 6.09. The maximum Gasteiger partial charge on any atom is 0.231 e. The first-order chi connectivity index (χ1) is 10.2. The van der Waals surface area contributed by atoms with Crippen molar-refractivity contribution in [1.29, 1.82) is 0 Å². The van der Waals surface area contributed by atoms with Crippen LogP contribution in [0.15, 0.2) is 18.2 Å². The fraction of sp³-hybridized carbons (Fsp3) is 0.611. The largest absolute Gasteiger partial charge is 0.454 e. The van der Waals surface area contributed by atoms with Crippen LogP contribution in [0.3, 0.4) is 0 Å². The van der Waals surface area contributed by atoms with Gasteiger partial charge in [0.2, 0.25) is 6.79 Å². The second kappa shape index (κ2) is 8.06. The number of rotatable bonds is 9. The molecule has 0 saturated heterocycles.